The molecule has 0 aliphatic heterocycles. The van der Waals surface area contributed by atoms with E-state index in [9.17, 15) is 5.26 Å². The average molecular weight is 279 g/mol. The molecule has 1 N–H and O–H groups in total. The molecule has 0 heterocycles. The molecule has 0 aromatic rings. The molecular formula is C17H33N3. The number of rotatable bonds is 9. The third kappa shape index (κ3) is 6.72. The van der Waals surface area contributed by atoms with Crippen molar-refractivity contribution in [3.8, 4) is 6.07 Å². The van der Waals surface area contributed by atoms with Gasteiger partial charge in [0.05, 0.1) is 6.07 Å². The van der Waals surface area contributed by atoms with Gasteiger partial charge >= 0.3 is 0 Å². The van der Waals surface area contributed by atoms with Gasteiger partial charge in [-0.1, -0.05) is 12.8 Å². The number of nitrogens with one attached hydrogen (secondary N) is 1. The molecule has 0 bridgehead atoms. The van der Waals surface area contributed by atoms with E-state index in [0.29, 0.717) is 6.04 Å². The second-order valence-electron chi connectivity index (χ2n) is 7.11. The lowest BCUT2D eigenvalue weighted by atomic mass is 9.95. The zero-order valence-electron chi connectivity index (χ0n) is 13.9. The molecule has 20 heavy (non-hydrogen) atoms. The van der Waals surface area contributed by atoms with E-state index in [-0.39, 0.29) is 5.54 Å². The highest BCUT2D eigenvalue weighted by Crippen LogP contribution is 2.25. The van der Waals surface area contributed by atoms with Crippen molar-refractivity contribution in [2.24, 2.45) is 5.92 Å². The molecule has 0 saturated heterocycles. The first-order valence-electron chi connectivity index (χ1n) is 8.32. The lowest BCUT2D eigenvalue weighted by molar-refractivity contribution is 0.267. The van der Waals surface area contributed by atoms with Gasteiger partial charge in [-0.15, -0.1) is 0 Å². The fourth-order valence-corrected chi connectivity index (χ4v) is 3.38. The van der Waals surface area contributed by atoms with Gasteiger partial charge in [0.25, 0.3) is 0 Å². The van der Waals surface area contributed by atoms with Gasteiger partial charge in [0.2, 0.25) is 0 Å². The third-order valence-electron chi connectivity index (χ3n) is 4.37. The second kappa shape index (κ2) is 8.64. The Morgan fingerprint density at radius 2 is 1.95 bits per heavy atom. The van der Waals surface area contributed by atoms with E-state index in [1.807, 2.05) is 6.92 Å². The van der Waals surface area contributed by atoms with Gasteiger partial charge in [-0.3, -0.25) is 5.32 Å². The van der Waals surface area contributed by atoms with Crippen LogP contribution in [0.3, 0.4) is 0 Å². The van der Waals surface area contributed by atoms with E-state index < -0.39 is 0 Å². The number of unbranched alkanes of at least 4 members (excludes halogenated alkanes) is 1. The van der Waals surface area contributed by atoms with E-state index >= 15 is 0 Å². The van der Waals surface area contributed by atoms with Crippen LogP contribution in [-0.2, 0) is 0 Å². The Bertz CT molecular complexity index is 302. The van der Waals surface area contributed by atoms with Crippen LogP contribution in [0.2, 0.25) is 0 Å². The van der Waals surface area contributed by atoms with Crippen LogP contribution in [0.1, 0.15) is 65.7 Å². The zero-order valence-corrected chi connectivity index (χ0v) is 13.9. The molecule has 1 fully saturated rings. The number of nitrogens with zero attached hydrogens (tertiary/aromatic N) is 2. The van der Waals surface area contributed by atoms with Gasteiger partial charge in [-0.2, -0.15) is 5.26 Å². The maximum absolute atomic E-state index is 9.31. The van der Waals surface area contributed by atoms with E-state index in [2.05, 4.69) is 37.2 Å². The molecule has 0 aromatic heterocycles. The predicted octanol–water partition coefficient (Wildman–Crippen LogP) is 3.56. The molecule has 0 spiro atoms. The number of hydrogen-bond acceptors (Lipinski definition) is 3. The van der Waals surface area contributed by atoms with Crippen LogP contribution in [0.5, 0.6) is 0 Å². The molecule has 1 atom stereocenters. The lowest BCUT2D eigenvalue weighted by Gasteiger charge is -2.26. The van der Waals surface area contributed by atoms with Crippen LogP contribution in [0.4, 0.5) is 0 Å². The highest BCUT2D eigenvalue weighted by Gasteiger charge is 2.23. The maximum Gasteiger partial charge on any atom is 0.104 e. The molecular weight excluding hydrogens is 246 g/mol. The number of nitriles is 1. The molecule has 1 unspecified atom stereocenters. The quantitative estimate of drug-likeness (QED) is 0.656. The Morgan fingerprint density at radius 1 is 1.30 bits per heavy atom. The molecule has 116 valence electrons. The van der Waals surface area contributed by atoms with Crippen molar-refractivity contribution >= 4 is 0 Å². The summed E-state index contributed by atoms with van der Waals surface area (Å²) in [5.41, 5.74) is -0.363. The summed E-state index contributed by atoms with van der Waals surface area (Å²) in [5, 5.41) is 12.7. The van der Waals surface area contributed by atoms with Crippen LogP contribution in [0.25, 0.3) is 0 Å². The second-order valence-corrected chi connectivity index (χ2v) is 7.11. The summed E-state index contributed by atoms with van der Waals surface area (Å²) >= 11 is 0. The van der Waals surface area contributed by atoms with Crippen molar-refractivity contribution in [2.75, 3.05) is 20.1 Å². The zero-order chi connectivity index (χ0) is 15.0. The Balaban J connectivity index is 2.15. The molecule has 1 rings (SSSR count). The smallest absolute Gasteiger partial charge is 0.104 e. The van der Waals surface area contributed by atoms with E-state index in [0.717, 1.165) is 18.8 Å². The summed E-state index contributed by atoms with van der Waals surface area (Å²) in [5.74, 6) is 0.937. The molecule has 0 aromatic carbocycles. The van der Waals surface area contributed by atoms with Crippen LogP contribution in [0, 0.1) is 17.2 Å². The first kappa shape index (κ1) is 17.5. The molecule has 1 aliphatic rings. The van der Waals surface area contributed by atoms with Gasteiger partial charge in [-0.25, -0.2) is 0 Å². The Morgan fingerprint density at radius 3 is 2.50 bits per heavy atom. The summed E-state index contributed by atoms with van der Waals surface area (Å²) in [6.07, 6.45) is 8.97. The lowest BCUT2D eigenvalue weighted by Crippen LogP contribution is -2.45. The minimum absolute atomic E-state index is 0.363. The van der Waals surface area contributed by atoms with Gasteiger partial charge in [0.15, 0.2) is 0 Å². The summed E-state index contributed by atoms with van der Waals surface area (Å²) in [6, 6.07) is 2.80. The van der Waals surface area contributed by atoms with Crippen molar-refractivity contribution < 1.29 is 0 Å². The van der Waals surface area contributed by atoms with E-state index in [4.69, 9.17) is 0 Å². The van der Waals surface area contributed by atoms with Gasteiger partial charge < -0.3 is 4.90 Å². The van der Waals surface area contributed by atoms with Crippen molar-refractivity contribution in [1.29, 1.82) is 5.26 Å². The topological polar surface area (TPSA) is 39.1 Å². The summed E-state index contributed by atoms with van der Waals surface area (Å²) in [4.78, 5) is 2.48. The molecule has 3 nitrogen and oxygen atoms in total. The Labute approximate surface area is 125 Å². The van der Waals surface area contributed by atoms with Crippen molar-refractivity contribution in [3.63, 3.8) is 0 Å². The fourth-order valence-electron chi connectivity index (χ4n) is 3.38. The van der Waals surface area contributed by atoms with Crippen molar-refractivity contribution in [1.82, 2.24) is 10.2 Å². The van der Waals surface area contributed by atoms with Gasteiger partial charge in [0.1, 0.15) is 5.54 Å². The minimum Gasteiger partial charge on any atom is -0.306 e. The van der Waals surface area contributed by atoms with Crippen LogP contribution in [0.15, 0.2) is 0 Å². The monoisotopic (exact) mass is 279 g/mol. The summed E-state index contributed by atoms with van der Waals surface area (Å²) in [7, 11) is 2.24. The SMILES string of the molecule is CC(C)NC(C)(C#N)CCCCN(C)CC1CCCC1. The normalized spacial score (nSPS) is 19.4. The molecule has 0 amide bonds. The number of hydrogen-bond donors (Lipinski definition) is 1. The molecule has 0 radical (unpaired) electrons. The van der Waals surface area contributed by atoms with Gasteiger partial charge in [0, 0.05) is 12.6 Å². The first-order chi connectivity index (χ1) is 9.45. The van der Waals surface area contributed by atoms with Crippen LogP contribution >= 0.6 is 0 Å². The molecule has 3 heteroatoms. The molecule has 1 aliphatic carbocycles. The maximum atomic E-state index is 9.31. The summed E-state index contributed by atoms with van der Waals surface area (Å²) in [6.45, 7) is 8.66. The standard InChI is InChI=1S/C17H33N3/c1-15(2)19-17(3,14-18)11-7-8-12-20(4)13-16-9-5-6-10-16/h15-16,19H,5-13H2,1-4H3. The van der Waals surface area contributed by atoms with Crippen molar-refractivity contribution in [3.05, 3.63) is 0 Å². The average Bonchev–Trinajstić information content (AvgIpc) is 2.86. The van der Waals surface area contributed by atoms with Gasteiger partial charge in [-0.05, 0) is 72.4 Å². The van der Waals surface area contributed by atoms with E-state index in [1.165, 1.54) is 45.2 Å². The van der Waals surface area contributed by atoms with Crippen molar-refractivity contribution in [2.45, 2.75) is 77.3 Å². The summed E-state index contributed by atoms with van der Waals surface area (Å²) < 4.78 is 0. The van der Waals surface area contributed by atoms with Crippen LogP contribution in [-0.4, -0.2) is 36.6 Å². The fraction of sp³-hybridized carbons (Fsp3) is 0.941. The third-order valence-corrected chi connectivity index (χ3v) is 4.37. The van der Waals surface area contributed by atoms with E-state index in [1.54, 1.807) is 0 Å². The van der Waals surface area contributed by atoms with Crippen LogP contribution < -0.4 is 5.32 Å². The largest absolute Gasteiger partial charge is 0.306 e. The predicted molar refractivity (Wildman–Crippen MR) is 85.6 cm³/mol. The highest BCUT2D eigenvalue weighted by molar-refractivity contribution is 5.04. The molecule has 1 saturated carbocycles. The Hall–Kier alpha value is -0.590. The minimum atomic E-state index is -0.363. The first-order valence-corrected chi connectivity index (χ1v) is 8.32. The highest BCUT2D eigenvalue weighted by atomic mass is 15.1. The Kier molecular flexibility index (Phi) is 7.55.